The van der Waals surface area contributed by atoms with E-state index in [1.54, 1.807) is 6.92 Å². The van der Waals surface area contributed by atoms with Crippen LogP contribution in [0.1, 0.15) is 50.5 Å². The van der Waals surface area contributed by atoms with Crippen molar-refractivity contribution in [3.05, 3.63) is 35.1 Å². The van der Waals surface area contributed by atoms with Crippen molar-refractivity contribution >= 4 is 5.78 Å². The van der Waals surface area contributed by atoms with E-state index in [0.717, 1.165) is 37.8 Å². The van der Waals surface area contributed by atoms with E-state index in [4.69, 9.17) is 0 Å². The topological polar surface area (TPSA) is 17.1 Å². The molecule has 0 radical (unpaired) electrons. The SMILES string of the molecule is CC(=O)CC1CCC(c2cc(F)c(F)c(F)c2)CC1. The molecule has 4 heteroatoms. The maximum atomic E-state index is 13.2. The van der Waals surface area contributed by atoms with E-state index < -0.39 is 17.5 Å². The molecular formula is C15H17F3O. The summed E-state index contributed by atoms with van der Waals surface area (Å²) in [7, 11) is 0. The van der Waals surface area contributed by atoms with Crippen LogP contribution in [0.15, 0.2) is 12.1 Å². The van der Waals surface area contributed by atoms with Gasteiger partial charge < -0.3 is 4.79 Å². The number of carbonyl (C=O) groups excluding carboxylic acids is 1. The second-order valence-electron chi connectivity index (χ2n) is 5.42. The van der Waals surface area contributed by atoms with Crippen molar-refractivity contribution in [3.8, 4) is 0 Å². The largest absolute Gasteiger partial charge is 0.300 e. The lowest BCUT2D eigenvalue weighted by atomic mass is 9.77. The van der Waals surface area contributed by atoms with Gasteiger partial charge in [-0.2, -0.15) is 0 Å². The molecule has 19 heavy (non-hydrogen) atoms. The zero-order valence-corrected chi connectivity index (χ0v) is 10.9. The highest BCUT2D eigenvalue weighted by Gasteiger charge is 2.24. The maximum absolute atomic E-state index is 13.2. The summed E-state index contributed by atoms with van der Waals surface area (Å²) in [5.41, 5.74) is 0.526. The van der Waals surface area contributed by atoms with Crippen molar-refractivity contribution in [1.82, 2.24) is 0 Å². The Bertz CT molecular complexity index is 453. The first-order valence-corrected chi connectivity index (χ1v) is 6.61. The van der Waals surface area contributed by atoms with Crippen LogP contribution in [0.4, 0.5) is 13.2 Å². The lowest BCUT2D eigenvalue weighted by molar-refractivity contribution is -0.118. The molecule has 1 aliphatic carbocycles. The van der Waals surface area contributed by atoms with Crippen LogP contribution < -0.4 is 0 Å². The number of ketones is 1. The molecule has 1 fully saturated rings. The number of halogens is 3. The predicted molar refractivity (Wildman–Crippen MR) is 66.3 cm³/mol. The number of hydrogen-bond donors (Lipinski definition) is 0. The standard InChI is InChI=1S/C15H17F3O/c1-9(19)6-10-2-4-11(5-3-10)12-7-13(16)15(18)14(17)8-12/h7-8,10-11H,2-6H2,1H3. The van der Waals surface area contributed by atoms with E-state index in [1.165, 1.54) is 0 Å². The summed E-state index contributed by atoms with van der Waals surface area (Å²) < 4.78 is 39.3. The summed E-state index contributed by atoms with van der Waals surface area (Å²) >= 11 is 0. The normalized spacial score (nSPS) is 23.4. The Morgan fingerprint density at radius 1 is 1.11 bits per heavy atom. The first-order chi connectivity index (χ1) is 8.97. The third-order valence-electron chi connectivity index (χ3n) is 3.90. The van der Waals surface area contributed by atoms with Crippen molar-refractivity contribution in [3.63, 3.8) is 0 Å². The monoisotopic (exact) mass is 270 g/mol. The highest BCUT2D eigenvalue weighted by atomic mass is 19.2. The van der Waals surface area contributed by atoms with Gasteiger partial charge in [0.25, 0.3) is 0 Å². The van der Waals surface area contributed by atoms with Crippen molar-refractivity contribution in [1.29, 1.82) is 0 Å². The minimum absolute atomic E-state index is 0.0628. The molecule has 1 saturated carbocycles. The molecule has 0 heterocycles. The second-order valence-corrected chi connectivity index (χ2v) is 5.42. The third kappa shape index (κ3) is 3.37. The summed E-state index contributed by atoms with van der Waals surface area (Å²) in [6.45, 7) is 1.58. The van der Waals surface area contributed by atoms with E-state index in [-0.39, 0.29) is 11.7 Å². The predicted octanol–water partition coefficient (Wildman–Crippen LogP) is 4.36. The Kier molecular flexibility index (Phi) is 4.27. The van der Waals surface area contributed by atoms with Crippen LogP contribution >= 0.6 is 0 Å². The lowest BCUT2D eigenvalue weighted by Crippen LogP contribution is -2.16. The van der Waals surface area contributed by atoms with Crippen molar-refractivity contribution in [2.45, 2.75) is 44.9 Å². The van der Waals surface area contributed by atoms with Gasteiger partial charge in [-0.25, -0.2) is 13.2 Å². The minimum Gasteiger partial charge on any atom is -0.300 e. The van der Waals surface area contributed by atoms with Gasteiger partial charge in [-0.3, -0.25) is 0 Å². The summed E-state index contributed by atoms with van der Waals surface area (Å²) in [5.74, 6) is -3.03. The Morgan fingerprint density at radius 3 is 2.11 bits per heavy atom. The quantitative estimate of drug-likeness (QED) is 0.746. The number of benzene rings is 1. The van der Waals surface area contributed by atoms with Crippen LogP contribution in [0.2, 0.25) is 0 Å². The number of Topliss-reactive ketones (excluding diaryl/α,β-unsaturated/α-hetero) is 1. The van der Waals surface area contributed by atoms with Gasteiger partial charge in [0, 0.05) is 6.42 Å². The molecule has 0 bridgehead atoms. The van der Waals surface area contributed by atoms with Crippen molar-refractivity contribution < 1.29 is 18.0 Å². The van der Waals surface area contributed by atoms with Gasteiger partial charge in [0.15, 0.2) is 17.5 Å². The molecule has 0 aliphatic heterocycles. The summed E-state index contributed by atoms with van der Waals surface area (Å²) in [6, 6.07) is 2.18. The van der Waals surface area contributed by atoms with Crippen molar-refractivity contribution in [2.75, 3.05) is 0 Å². The fraction of sp³-hybridized carbons (Fsp3) is 0.533. The molecular weight excluding hydrogens is 253 g/mol. The van der Waals surface area contributed by atoms with Crippen LogP contribution in [-0.2, 0) is 4.79 Å². The molecule has 1 aromatic rings. The van der Waals surface area contributed by atoms with Gasteiger partial charge in [-0.05, 0) is 62.1 Å². The van der Waals surface area contributed by atoms with Gasteiger partial charge in [-0.15, -0.1) is 0 Å². The molecule has 1 nitrogen and oxygen atoms in total. The van der Waals surface area contributed by atoms with Crippen LogP contribution in [0.5, 0.6) is 0 Å². The van der Waals surface area contributed by atoms with Crippen LogP contribution in [0.3, 0.4) is 0 Å². The Morgan fingerprint density at radius 2 is 1.63 bits per heavy atom. The fourth-order valence-corrected chi connectivity index (χ4v) is 2.92. The molecule has 0 N–H and O–H groups in total. The first-order valence-electron chi connectivity index (χ1n) is 6.61. The Balaban J connectivity index is 2.03. The fourth-order valence-electron chi connectivity index (χ4n) is 2.92. The summed E-state index contributed by atoms with van der Waals surface area (Å²) in [6.07, 6.45) is 3.93. The Hall–Kier alpha value is -1.32. The molecule has 0 atom stereocenters. The molecule has 0 unspecified atom stereocenters. The molecule has 2 rings (SSSR count). The van der Waals surface area contributed by atoms with Gasteiger partial charge in [-0.1, -0.05) is 0 Å². The Labute approximate surface area is 110 Å². The van der Waals surface area contributed by atoms with Gasteiger partial charge in [0.1, 0.15) is 5.78 Å². The van der Waals surface area contributed by atoms with Gasteiger partial charge >= 0.3 is 0 Å². The zero-order chi connectivity index (χ0) is 14.0. The van der Waals surface area contributed by atoms with E-state index in [1.807, 2.05) is 0 Å². The van der Waals surface area contributed by atoms with Crippen molar-refractivity contribution in [2.24, 2.45) is 5.92 Å². The smallest absolute Gasteiger partial charge is 0.194 e. The minimum atomic E-state index is -1.41. The maximum Gasteiger partial charge on any atom is 0.194 e. The van der Waals surface area contributed by atoms with E-state index in [2.05, 4.69) is 0 Å². The van der Waals surface area contributed by atoms with E-state index in [0.29, 0.717) is 17.9 Å². The average molecular weight is 270 g/mol. The molecule has 0 amide bonds. The van der Waals surface area contributed by atoms with Gasteiger partial charge in [0.05, 0.1) is 0 Å². The average Bonchev–Trinajstić information content (AvgIpc) is 2.35. The zero-order valence-electron chi connectivity index (χ0n) is 10.9. The molecule has 1 aromatic carbocycles. The van der Waals surface area contributed by atoms with Crippen LogP contribution in [0, 0.1) is 23.4 Å². The lowest BCUT2D eigenvalue weighted by Gasteiger charge is -2.28. The number of carbonyl (C=O) groups is 1. The molecule has 0 spiro atoms. The number of hydrogen-bond acceptors (Lipinski definition) is 1. The molecule has 104 valence electrons. The van der Waals surface area contributed by atoms with Crippen LogP contribution in [-0.4, -0.2) is 5.78 Å². The van der Waals surface area contributed by atoms with E-state index >= 15 is 0 Å². The highest BCUT2D eigenvalue weighted by Crippen LogP contribution is 2.37. The molecule has 0 saturated heterocycles. The second kappa shape index (κ2) is 5.76. The summed E-state index contributed by atoms with van der Waals surface area (Å²) in [4.78, 5) is 11.0. The van der Waals surface area contributed by atoms with Gasteiger partial charge in [0.2, 0.25) is 0 Å². The molecule has 0 aromatic heterocycles. The molecule has 1 aliphatic rings. The third-order valence-corrected chi connectivity index (χ3v) is 3.90. The van der Waals surface area contributed by atoms with E-state index in [9.17, 15) is 18.0 Å². The first kappa shape index (κ1) is 14.1. The summed E-state index contributed by atoms with van der Waals surface area (Å²) in [5, 5.41) is 0. The number of rotatable bonds is 3. The highest BCUT2D eigenvalue weighted by molar-refractivity contribution is 5.75. The van der Waals surface area contributed by atoms with Crippen LogP contribution in [0.25, 0.3) is 0 Å².